The van der Waals surface area contributed by atoms with E-state index in [1.54, 1.807) is 22.8 Å². The minimum absolute atomic E-state index is 0.0605. The predicted molar refractivity (Wildman–Crippen MR) is 106 cm³/mol. The van der Waals surface area contributed by atoms with Gasteiger partial charge in [0, 0.05) is 39.0 Å². The third kappa shape index (κ3) is 3.42. The van der Waals surface area contributed by atoms with Crippen molar-refractivity contribution in [2.24, 2.45) is 7.05 Å². The number of carbonyl (C=O) groups excluding carboxylic acids is 1. The van der Waals surface area contributed by atoms with Crippen LogP contribution in [0.1, 0.15) is 21.7 Å². The number of fused-ring (bicyclic) bond motifs is 1. The van der Waals surface area contributed by atoms with Gasteiger partial charge in [-0.3, -0.25) is 9.48 Å². The molecule has 1 aromatic carbocycles. The standard InChI is InChI=1S/C20H19BrN4O2/c1-23(13-15-8-9-22-24(15)2)20(26)17-10-18-16(11-19(21)27-18)25(17)12-14-6-4-3-5-7-14/h3-11H,12-13H2,1-2H3. The molecule has 0 fully saturated rings. The van der Waals surface area contributed by atoms with Crippen molar-refractivity contribution in [1.29, 1.82) is 0 Å². The van der Waals surface area contributed by atoms with Crippen molar-refractivity contribution in [1.82, 2.24) is 19.2 Å². The molecule has 6 nitrogen and oxygen atoms in total. The molecule has 1 amide bonds. The molecule has 0 radical (unpaired) electrons. The molecule has 4 rings (SSSR count). The molecule has 3 heterocycles. The van der Waals surface area contributed by atoms with Gasteiger partial charge in [0.1, 0.15) is 5.69 Å². The first-order valence-electron chi connectivity index (χ1n) is 8.58. The molecule has 0 N–H and O–H groups in total. The van der Waals surface area contributed by atoms with Crippen molar-refractivity contribution in [3.8, 4) is 0 Å². The van der Waals surface area contributed by atoms with E-state index in [0.29, 0.717) is 29.0 Å². The lowest BCUT2D eigenvalue weighted by Crippen LogP contribution is -2.29. The largest absolute Gasteiger partial charge is 0.448 e. The van der Waals surface area contributed by atoms with Crippen LogP contribution in [0, 0.1) is 0 Å². The van der Waals surface area contributed by atoms with Crippen molar-refractivity contribution >= 4 is 32.9 Å². The van der Waals surface area contributed by atoms with Crippen molar-refractivity contribution in [3.05, 3.63) is 76.3 Å². The highest BCUT2D eigenvalue weighted by Gasteiger charge is 2.22. The SMILES string of the molecule is CN(Cc1ccnn1C)C(=O)c1cc2oc(Br)cc2n1Cc1ccccc1. The summed E-state index contributed by atoms with van der Waals surface area (Å²) in [6.45, 7) is 1.08. The monoisotopic (exact) mass is 426 g/mol. The van der Waals surface area contributed by atoms with E-state index in [-0.39, 0.29) is 5.91 Å². The molecular formula is C20H19BrN4O2. The van der Waals surface area contributed by atoms with Gasteiger partial charge >= 0.3 is 0 Å². The van der Waals surface area contributed by atoms with Crippen LogP contribution in [-0.2, 0) is 20.1 Å². The number of rotatable bonds is 5. The summed E-state index contributed by atoms with van der Waals surface area (Å²) in [5, 5.41) is 4.16. The van der Waals surface area contributed by atoms with Crippen LogP contribution in [0.25, 0.3) is 11.1 Å². The average Bonchev–Trinajstić information content (AvgIpc) is 3.31. The number of carbonyl (C=O) groups is 1. The fraction of sp³-hybridized carbons (Fsp3) is 0.200. The molecule has 0 spiro atoms. The Balaban J connectivity index is 1.69. The van der Waals surface area contributed by atoms with E-state index in [1.807, 2.05) is 48.0 Å². The summed E-state index contributed by atoms with van der Waals surface area (Å²) in [5.41, 5.74) is 4.27. The number of benzene rings is 1. The molecule has 0 aliphatic heterocycles. The van der Waals surface area contributed by atoms with Gasteiger partial charge in [0.05, 0.1) is 17.8 Å². The molecule has 0 aliphatic rings. The second-order valence-corrected chi connectivity index (χ2v) is 7.29. The molecule has 138 valence electrons. The zero-order valence-electron chi connectivity index (χ0n) is 15.1. The van der Waals surface area contributed by atoms with Crippen molar-refractivity contribution in [3.63, 3.8) is 0 Å². The Hall–Kier alpha value is -2.80. The Kier molecular flexibility index (Phi) is 4.61. The van der Waals surface area contributed by atoms with E-state index in [1.165, 1.54) is 0 Å². The quantitative estimate of drug-likeness (QED) is 0.483. The maximum absolute atomic E-state index is 13.2. The van der Waals surface area contributed by atoms with Gasteiger partial charge in [0.25, 0.3) is 5.91 Å². The molecule has 0 unspecified atom stereocenters. The van der Waals surface area contributed by atoms with E-state index in [4.69, 9.17) is 4.42 Å². The van der Waals surface area contributed by atoms with Crippen LogP contribution in [0.3, 0.4) is 0 Å². The van der Waals surface area contributed by atoms with Crippen molar-refractivity contribution in [2.45, 2.75) is 13.1 Å². The molecule has 27 heavy (non-hydrogen) atoms. The number of halogens is 1. The number of amides is 1. The highest BCUT2D eigenvalue weighted by molar-refractivity contribution is 9.10. The van der Waals surface area contributed by atoms with E-state index >= 15 is 0 Å². The highest BCUT2D eigenvalue weighted by atomic mass is 79.9. The molecule has 0 atom stereocenters. The Morgan fingerprint density at radius 2 is 2.00 bits per heavy atom. The number of aryl methyl sites for hydroxylation is 1. The molecule has 4 aromatic rings. The van der Waals surface area contributed by atoms with Crippen LogP contribution in [0.15, 0.2) is 63.8 Å². The van der Waals surface area contributed by atoms with Crippen LogP contribution >= 0.6 is 15.9 Å². The van der Waals surface area contributed by atoms with Gasteiger partial charge in [-0.2, -0.15) is 5.10 Å². The van der Waals surface area contributed by atoms with Gasteiger partial charge in [-0.05, 0) is 27.6 Å². The van der Waals surface area contributed by atoms with E-state index in [2.05, 4.69) is 33.2 Å². The number of hydrogen-bond donors (Lipinski definition) is 0. The van der Waals surface area contributed by atoms with Gasteiger partial charge in [-0.1, -0.05) is 30.3 Å². The van der Waals surface area contributed by atoms with Crippen LogP contribution in [0.2, 0.25) is 0 Å². The summed E-state index contributed by atoms with van der Waals surface area (Å²) >= 11 is 3.38. The maximum Gasteiger partial charge on any atom is 0.270 e. The van der Waals surface area contributed by atoms with Gasteiger partial charge in [0.2, 0.25) is 0 Å². The van der Waals surface area contributed by atoms with Crippen molar-refractivity contribution in [2.75, 3.05) is 7.05 Å². The second kappa shape index (κ2) is 7.08. The summed E-state index contributed by atoms with van der Waals surface area (Å²) < 4.78 is 10.1. The van der Waals surface area contributed by atoms with Gasteiger partial charge in [0.15, 0.2) is 10.3 Å². The minimum atomic E-state index is -0.0605. The summed E-state index contributed by atoms with van der Waals surface area (Å²) in [6, 6.07) is 15.7. The van der Waals surface area contributed by atoms with E-state index in [9.17, 15) is 4.79 Å². The first kappa shape index (κ1) is 17.6. The minimum Gasteiger partial charge on any atom is -0.448 e. The zero-order chi connectivity index (χ0) is 19.0. The fourth-order valence-corrected chi connectivity index (χ4v) is 3.58. The molecule has 0 saturated heterocycles. The molecule has 7 heteroatoms. The summed E-state index contributed by atoms with van der Waals surface area (Å²) in [6.07, 6.45) is 1.73. The molecule has 0 bridgehead atoms. The van der Waals surface area contributed by atoms with Crippen LogP contribution in [-0.4, -0.2) is 32.2 Å². The van der Waals surface area contributed by atoms with E-state index in [0.717, 1.165) is 16.8 Å². The lowest BCUT2D eigenvalue weighted by Gasteiger charge is -2.19. The highest BCUT2D eigenvalue weighted by Crippen LogP contribution is 2.28. The first-order valence-corrected chi connectivity index (χ1v) is 9.37. The number of hydrogen-bond acceptors (Lipinski definition) is 3. The van der Waals surface area contributed by atoms with Crippen LogP contribution in [0.4, 0.5) is 0 Å². The Labute approximate surface area is 165 Å². The predicted octanol–water partition coefficient (Wildman–Crippen LogP) is 4.05. The topological polar surface area (TPSA) is 56.2 Å². The Morgan fingerprint density at radius 3 is 2.70 bits per heavy atom. The first-order chi connectivity index (χ1) is 13.0. The second-order valence-electron chi connectivity index (χ2n) is 6.51. The molecule has 0 aliphatic carbocycles. The Bertz CT molecular complexity index is 1090. The maximum atomic E-state index is 13.2. The van der Waals surface area contributed by atoms with Crippen molar-refractivity contribution < 1.29 is 9.21 Å². The third-order valence-electron chi connectivity index (χ3n) is 4.63. The lowest BCUT2D eigenvalue weighted by atomic mass is 10.2. The van der Waals surface area contributed by atoms with Gasteiger partial charge in [-0.15, -0.1) is 0 Å². The summed E-state index contributed by atoms with van der Waals surface area (Å²) in [7, 11) is 3.67. The summed E-state index contributed by atoms with van der Waals surface area (Å²) in [4.78, 5) is 14.9. The molecular weight excluding hydrogens is 408 g/mol. The normalized spacial score (nSPS) is 11.2. The lowest BCUT2D eigenvalue weighted by molar-refractivity contribution is 0.0772. The number of aromatic nitrogens is 3. The van der Waals surface area contributed by atoms with Crippen LogP contribution < -0.4 is 0 Å². The van der Waals surface area contributed by atoms with Gasteiger partial charge in [-0.25, -0.2) is 0 Å². The van der Waals surface area contributed by atoms with E-state index < -0.39 is 0 Å². The zero-order valence-corrected chi connectivity index (χ0v) is 16.7. The van der Waals surface area contributed by atoms with Crippen LogP contribution in [0.5, 0.6) is 0 Å². The van der Waals surface area contributed by atoms with Gasteiger partial charge < -0.3 is 13.9 Å². The number of nitrogens with zero attached hydrogens (tertiary/aromatic N) is 4. The fourth-order valence-electron chi connectivity index (χ4n) is 3.19. The Morgan fingerprint density at radius 1 is 1.22 bits per heavy atom. The third-order valence-corrected chi connectivity index (χ3v) is 5.02. The average molecular weight is 427 g/mol. The molecule has 3 aromatic heterocycles. The summed E-state index contributed by atoms with van der Waals surface area (Å²) in [5.74, 6) is -0.0605. The smallest absolute Gasteiger partial charge is 0.270 e. The molecule has 0 saturated carbocycles. The number of furan rings is 1.